The summed E-state index contributed by atoms with van der Waals surface area (Å²) in [5.41, 5.74) is 14.8. The summed E-state index contributed by atoms with van der Waals surface area (Å²) in [5.74, 6) is 0.891. The first-order valence-electron chi connectivity index (χ1n) is 20.6. The zero-order valence-electron chi connectivity index (χ0n) is 35.2. The molecule has 0 aliphatic carbocycles. The van der Waals surface area contributed by atoms with Gasteiger partial charge in [0.1, 0.15) is 5.82 Å². The smallest absolute Gasteiger partial charge is 0.406 e. The van der Waals surface area contributed by atoms with Gasteiger partial charge in [-0.3, -0.25) is 0 Å². The number of rotatable bonds is 4. The third-order valence-corrected chi connectivity index (χ3v) is 16.4. The van der Waals surface area contributed by atoms with E-state index >= 15 is 0 Å². The van der Waals surface area contributed by atoms with Crippen LogP contribution in [0.15, 0.2) is 128 Å². The van der Waals surface area contributed by atoms with Gasteiger partial charge >= 0.3 is 6.98 Å². The first-order chi connectivity index (χ1) is 28.4. The molecule has 0 saturated heterocycles. The van der Waals surface area contributed by atoms with Crippen molar-refractivity contribution in [1.82, 2.24) is 14.1 Å². The fraction of sp³-hybridized carbons (Fsp3) is 0.176. The second kappa shape index (κ2) is 13.7. The number of fused-ring (bicyclic) bond motifs is 6. The quantitative estimate of drug-likeness (QED) is 0.100. The molecule has 60 heavy (non-hydrogen) atoms. The van der Waals surface area contributed by atoms with Crippen LogP contribution in [-0.4, -0.2) is 29.2 Å². The molecule has 0 atom stereocenters. The minimum absolute atomic E-state index is 0. The van der Waals surface area contributed by atoms with Crippen LogP contribution in [0.1, 0.15) is 37.5 Å². The van der Waals surface area contributed by atoms with Crippen LogP contribution < -0.4 is 30.0 Å². The van der Waals surface area contributed by atoms with E-state index in [1.54, 1.807) is 0 Å². The Morgan fingerprint density at radius 2 is 1.45 bits per heavy atom. The molecular formula is C51H45BN6PtSi-2. The molecule has 2 aliphatic rings. The summed E-state index contributed by atoms with van der Waals surface area (Å²) >= 11 is 0. The van der Waals surface area contributed by atoms with Crippen molar-refractivity contribution < 1.29 is 25.6 Å². The second-order valence-electron chi connectivity index (χ2n) is 17.9. The Balaban J connectivity index is 0.00000433. The summed E-state index contributed by atoms with van der Waals surface area (Å²) in [6, 6.07) is 52.6. The number of benzene rings is 6. The molecule has 9 aromatic rings. The van der Waals surface area contributed by atoms with Gasteiger partial charge in [0.15, 0.2) is 0 Å². The van der Waals surface area contributed by atoms with Gasteiger partial charge in [0.05, 0.1) is 18.1 Å². The molecule has 0 radical (unpaired) electrons. The number of hydrogen-bond acceptors (Lipinski definition) is 3. The average molecular weight is 976 g/mol. The summed E-state index contributed by atoms with van der Waals surface area (Å²) in [7, 11) is 0.00119. The molecular weight excluding hydrogens is 931 g/mol. The Kier molecular flexibility index (Phi) is 8.77. The van der Waals surface area contributed by atoms with Crippen molar-refractivity contribution >= 4 is 86.5 Å². The molecule has 0 N–H and O–H groups in total. The Hall–Kier alpha value is -5.69. The number of nitrogens with zero attached hydrogens (tertiary/aromatic N) is 6. The van der Waals surface area contributed by atoms with Crippen LogP contribution in [0, 0.1) is 32.3 Å². The molecule has 0 fully saturated rings. The minimum Gasteiger partial charge on any atom is -0.415 e. The van der Waals surface area contributed by atoms with Gasteiger partial charge in [-0.1, -0.05) is 157 Å². The van der Waals surface area contributed by atoms with Crippen molar-refractivity contribution in [2.24, 2.45) is 7.05 Å². The van der Waals surface area contributed by atoms with E-state index in [-0.39, 0.29) is 33.5 Å². The molecule has 0 bridgehead atoms. The van der Waals surface area contributed by atoms with Crippen LogP contribution in [0.2, 0.25) is 13.1 Å². The first-order valence-corrected chi connectivity index (χ1v) is 23.6. The van der Waals surface area contributed by atoms with Crippen LogP contribution in [0.4, 0.5) is 22.7 Å². The summed E-state index contributed by atoms with van der Waals surface area (Å²) in [4.78, 5) is 10.0. The van der Waals surface area contributed by atoms with E-state index in [1.165, 1.54) is 48.9 Å². The number of anilines is 4. The number of para-hydroxylation sites is 3. The molecule has 11 rings (SSSR count). The fourth-order valence-corrected chi connectivity index (χ4v) is 12.8. The minimum atomic E-state index is -2.10. The number of pyridine rings is 1. The maximum Gasteiger partial charge on any atom is 0.406 e. The molecule has 6 nitrogen and oxygen atoms in total. The molecule has 5 heterocycles. The fourth-order valence-electron chi connectivity index (χ4n) is 9.91. The maximum absolute atomic E-state index is 5.02. The second-order valence-corrected chi connectivity index (χ2v) is 22.3. The third kappa shape index (κ3) is 5.50. The Bertz CT molecular complexity index is 3180. The van der Waals surface area contributed by atoms with Crippen molar-refractivity contribution in [3.63, 3.8) is 0 Å². The molecule has 298 valence electrons. The van der Waals surface area contributed by atoms with E-state index in [4.69, 9.17) is 4.98 Å². The molecule has 3 aromatic heterocycles. The first kappa shape index (κ1) is 38.5. The largest absolute Gasteiger partial charge is 0.415 e. The van der Waals surface area contributed by atoms with Crippen LogP contribution in [0.3, 0.4) is 0 Å². The van der Waals surface area contributed by atoms with Crippen molar-refractivity contribution in [2.45, 2.75) is 53.1 Å². The zero-order chi connectivity index (χ0) is 40.5. The van der Waals surface area contributed by atoms with Gasteiger partial charge in [0.25, 0.3) is 0 Å². The summed E-state index contributed by atoms with van der Waals surface area (Å²) in [6.45, 7) is 16.0. The predicted molar refractivity (Wildman–Crippen MR) is 247 cm³/mol. The van der Waals surface area contributed by atoms with Gasteiger partial charge in [-0.05, 0) is 66.0 Å². The summed E-state index contributed by atoms with van der Waals surface area (Å²) in [5, 5.41) is 5.11. The standard InChI is InChI=1S/C51H45BN6Si.Pt/c1-33-16-14-17-34(2)49(33)52-57(36-18-10-9-11-19-36)43-30-39-38-20-12-13-21-40(38)56(48-28-35(26-27-53-48)51(3,4)5)42(39)31-44(43)58(52)37-24-25-46-45(29-37)55-32-54(6)41-22-15-23-47(50(41)55)59(46,7)8;/h9-28,30H,1-8H3;/q-2;. The SMILES string of the molecule is Cc1cccc(C)c1B1N(c2[c-]c3c(cc2)[Si](C)(C)c2cccc4c2n-3[c-][n+]4C)c2[c-]c3c(cc2N1c1ccccc1)c1ccccc1n3-c1cc(C(C)(C)C)ccn1.[Pt]. The average Bonchev–Trinajstić information content (AvgIpc) is 3.86. The van der Waals surface area contributed by atoms with Gasteiger partial charge in [-0.15, -0.1) is 18.2 Å². The van der Waals surface area contributed by atoms with Gasteiger partial charge in [0.2, 0.25) is 6.33 Å². The number of aryl methyl sites for hydroxylation is 3. The maximum atomic E-state index is 5.02. The van der Waals surface area contributed by atoms with Crippen molar-refractivity contribution in [2.75, 3.05) is 9.62 Å². The Morgan fingerprint density at radius 3 is 2.22 bits per heavy atom. The molecule has 9 heteroatoms. The van der Waals surface area contributed by atoms with Crippen LogP contribution >= 0.6 is 0 Å². The molecule has 0 amide bonds. The van der Waals surface area contributed by atoms with E-state index in [2.05, 4.69) is 218 Å². The zero-order valence-corrected chi connectivity index (χ0v) is 38.5. The molecule has 0 spiro atoms. The molecule has 0 saturated carbocycles. The predicted octanol–water partition coefficient (Wildman–Crippen LogP) is 9.08. The number of hydrogen-bond donors (Lipinski definition) is 0. The van der Waals surface area contributed by atoms with Crippen LogP contribution in [0.5, 0.6) is 0 Å². The topological polar surface area (TPSA) is 33.1 Å². The van der Waals surface area contributed by atoms with Gasteiger partial charge < -0.3 is 23.3 Å². The number of aromatic nitrogens is 4. The molecule has 6 aromatic carbocycles. The number of imidazole rings is 1. The molecule has 0 unspecified atom stereocenters. The summed E-state index contributed by atoms with van der Waals surface area (Å²) in [6.07, 6.45) is 5.63. The van der Waals surface area contributed by atoms with E-state index in [1.807, 2.05) is 6.20 Å². The normalized spacial score (nSPS) is 14.2. The van der Waals surface area contributed by atoms with E-state index in [0.717, 1.165) is 50.7 Å². The monoisotopic (exact) mass is 975 g/mol. The summed E-state index contributed by atoms with van der Waals surface area (Å²) < 4.78 is 6.71. The van der Waals surface area contributed by atoms with Crippen LogP contribution in [0.25, 0.3) is 44.3 Å². The van der Waals surface area contributed by atoms with Crippen LogP contribution in [-0.2, 0) is 33.5 Å². The van der Waals surface area contributed by atoms with Gasteiger partial charge in [0, 0.05) is 46.5 Å². The third-order valence-electron chi connectivity index (χ3n) is 12.9. The van der Waals surface area contributed by atoms with E-state index in [0.29, 0.717) is 0 Å². The Morgan fingerprint density at radius 1 is 0.717 bits per heavy atom. The van der Waals surface area contributed by atoms with Gasteiger partial charge in [-0.2, -0.15) is 17.3 Å². The van der Waals surface area contributed by atoms with E-state index in [9.17, 15) is 0 Å². The Labute approximate surface area is 368 Å². The van der Waals surface area contributed by atoms with Crippen molar-refractivity contribution in [1.29, 1.82) is 0 Å². The molecule has 2 aliphatic heterocycles. The van der Waals surface area contributed by atoms with E-state index < -0.39 is 8.07 Å². The van der Waals surface area contributed by atoms with Crippen molar-refractivity contribution in [3.05, 3.63) is 163 Å². The van der Waals surface area contributed by atoms with Crippen molar-refractivity contribution in [3.8, 4) is 11.5 Å². The van der Waals surface area contributed by atoms with Gasteiger partial charge in [-0.25, -0.2) is 4.98 Å².